The lowest BCUT2D eigenvalue weighted by Gasteiger charge is -2.39. The number of Topliss-reactive ketones (excluding diaryl/α,β-unsaturated/α-hetero) is 1. The number of carbonyl (C=O) groups excluding carboxylic acids is 1. The predicted molar refractivity (Wildman–Crippen MR) is 91.5 cm³/mol. The molecule has 0 amide bonds. The summed E-state index contributed by atoms with van der Waals surface area (Å²) in [7, 11) is -2.04. The van der Waals surface area contributed by atoms with Crippen LogP contribution < -0.4 is 0 Å². The Morgan fingerprint density at radius 3 is 2.50 bits per heavy atom. The number of hydrogen-bond donors (Lipinski definition) is 0. The Kier molecular flexibility index (Phi) is 4.68. The van der Waals surface area contributed by atoms with Crippen LogP contribution in [0, 0.1) is 5.82 Å². The largest absolute Gasteiger partial charge is 0.406 e. The molecule has 2 rings (SSSR count). The van der Waals surface area contributed by atoms with Crippen LogP contribution in [0.2, 0.25) is 18.1 Å². The summed E-state index contributed by atoms with van der Waals surface area (Å²) < 4.78 is 21.2. The van der Waals surface area contributed by atoms with E-state index in [0.29, 0.717) is 5.69 Å². The molecule has 1 aromatic rings. The standard InChI is InChI=1S/C16H23BrFNO2Si/c1-15(2,3)22(4,5)21-16(7-8-16)14-13(18)11(6-9-19-14)12(20)10-17/h6,9H,7-8,10H2,1-5H3. The molecule has 1 aromatic heterocycles. The topological polar surface area (TPSA) is 39.2 Å². The third-order valence-electron chi connectivity index (χ3n) is 4.70. The second-order valence-corrected chi connectivity index (χ2v) is 12.7. The van der Waals surface area contributed by atoms with Crippen molar-refractivity contribution in [3.05, 3.63) is 29.3 Å². The van der Waals surface area contributed by atoms with Gasteiger partial charge in [-0.3, -0.25) is 9.78 Å². The lowest BCUT2D eigenvalue weighted by atomic mass is 10.1. The fraction of sp³-hybridized carbons (Fsp3) is 0.625. The van der Waals surface area contributed by atoms with Gasteiger partial charge in [-0.15, -0.1) is 0 Å². The average molecular weight is 388 g/mol. The van der Waals surface area contributed by atoms with E-state index in [-0.39, 0.29) is 21.7 Å². The van der Waals surface area contributed by atoms with Crippen molar-refractivity contribution < 1.29 is 13.6 Å². The lowest BCUT2D eigenvalue weighted by Crippen LogP contribution is -2.44. The Labute approximate surface area is 140 Å². The number of carbonyl (C=O) groups is 1. The molecule has 1 saturated carbocycles. The zero-order valence-corrected chi connectivity index (χ0v) is 16.4. The van der Waals surface area contributed by atoms with Gasteiger partial charge in [0, 0.05) is 6.20 Å². The molecule has 22 heavy (non-hydrogen) atoms. The van der Waals surface area contributed by atoms with Gasteiger partial charge in [0.05, 0.1) is 10.9 Å². The Hall–Kier alpha value is -0.593. The zero-order valence-electron chi connectivity index (χ0n) is 13.8. The minimum atomic E-state index is -2.04. The van der Waals surface area contributed by atoms with Gasteiger partial charge in [-0.25, -0.2) is 4.39 Å². The molecule has 0 saturated heterocycles. The van der Waals surface area contributed by atoms with Crippen LogP contribution in [-0.4, -0.2) is 24.4 Å². The second kappa shape index (κ2) is 5.80. The van der Waals surface area contributed by atoms with E-state index >= 15 is 0 Å². The predicted octanol–water partition coefficient (Wildman–Crippen LogP) is 4.81. The SMILES string of the molecule is CC(C)(C)[Si](C)(C)OC1(c2nccc(C(=O)CBr)c2F)CC1. The maximum atomic E-state index is 14.7. The van der Waals surface area contributed by atoms with Crippen molar-refractivity contribution in [2.75, 3.05) is 5.33 Å². The molecule has 6 heteroatoms. The number of nitrogens with zero attached hydrogens (tertiary/aromatic N) is 1. The van der Waals surface area contributed by atoms with E-state index in [1.165, 1.54) is 12.3 Å². The summed E-state index contributed by atoms with van der Waals surface area (Å²) in [5.41, 5.74) is -0.258. The van der Waals surface area contributed by atoms with Crippen LogP contribution in [0.15, 0.2) is 12.3 Å². The molecule has 122 valence electrons. The number of ketones is 1. The first kappa shape index (κ1) is 17.8. The number of hydrogen-bond acceptors (Lipinski definition) is 3. The van der Waals surface area contributed by atoms with Crippen LogP contribution in [0.4, 0.5) is 4.39 Å². The Morgan fingerprint density at radius 1 is 1.45 bits per heavy atom. The van der Waals surface area contributed by atoms with Crippen LogP contribution in [0.25, 0.3) is 0 Å². The first-order valence-electron chi connectivity index (χ1n) is 7.48. The van der Waals surface area contributed by atoms with E-state index in [1.54, 1.807) is 0 Å². The fourth-order valence-corrected chi connectivity index (χ4v) is 4.08. The molecule has 0 aliphatic heterocycles. The molecule has 0 atom stereocenters. The molecule has 0 N–H and O–H groups in total. The van der Waals surface area contributed by atoms with Gasteiger partial charge >= 0.3 is 0 Å². The quantitative estimate of drug-likeness (QED) is 0.413. The van der Waals surface area contributed by atoms with E-state index in [2.05, 4.69) is 54.8 Å². The van der Waals surface area contributed by atoms with Crippen molar-refractivity contribution in [1.82, 2.24) is 4.98 Å². The zero-order chi connectivity index (χ0) is 16.8. The summed E-state index contributed by atoms with van der Waals surface area (Å²) in [5, 5.41) is 0.145. The summed E-state index contributed by atoms with van der Waals surface area (Å²) in [5.74, 6) is -0.799. The molecular weight excluding hydrogens is 365 g/mol. The highest BCUT2D eigenvalue weighted by Crippen LogP contribution is 2.54. The van der Waals surface area contributed by atoms with E-state index in [1.807, 2.05) is 0 Å². The summed E-state index contributed by atoms with van der Waals surface area (Å²) in [6, 6.07) is 1.44. The summed E-state index contributed by atoms with van der Waals surface area (Å²) in [6.07, 6.45) is 3.02. The van der Waals surface area contributed by atoms with Crippen LogP contribution in [0.1, 0.15) is 49.7 Å². The molecule has 1 aliphatic carbocycles. The Balaban J connectivity index is 2.38. The maximum Gasteiger partial charge on any atom is 0.193 e. The van der Waals surface area contributed by atoms with Crippen LogP contribution >= 0.6 is 15.9 Å². The van der Waals surface area contributed by atoms with Crippen molar-refractivity contribution >= 4 is 30.0 Å². The fourth-order valence-electron chi connectivity index (χ4n) is 2.19. The molecule has 3 nitrogen and oxygen atoms in total. The lowest BCUT2D eigenvalue weighted by molar-refractivity contribution is 0.101. The van der Waals surface area contributed by atoms with Gasteiger partial charge in [0.1, 0.15) is 11.3 Å². The molecular formula is C16H23BrFNO2Si. The normalized spacial score (nSPS) is 17.4. The van der Waals surface area contributed by atoms with Gasteiger partial charge in [0.15, 0.2) is 19.9 Å². The number of halogens is 2. The third kappa shape index (κ3) is 3.19. The smallest absolute Gasteiger partial charge is 0.193 e. The highest BCUT2D eigenvalue weighted by Gasteiger charge is 2.54. The van der Waals surface area contributed by atoms with Crippen molar-refractivity contribution in [1.29, 1.82) is 0 Å². The summed E-state index contributed by atoms with van der Waals surface area (Å²) >= 11 is 3.09. The first-order valence-corrected chi connectivity index (χ1v) is 11.5. The van der Waals surface area contributed by atoms with Crippen molar-refractivity contribution in [2.45, 2.75) is 57.3 Å². The van der Waals surface area contributed by atoms with Crippen LogP contribution in [0.3, 0.4) is 0 Å². The second-order valence-electron chi connectivity index (χ2n) is 7.43. The van der Waals surface area contributed by atoms with Gasteiger partial charge in [-0.05, 0) is 37.0 Å². The molecule has 1 fully saturated rings. The van der Waals surface area contributed by atoms with Gasteiger partial charge in [-0.1, -0.05) is 36.7 Å². The number of alkyl halides is 1. The first-order chi connectivity index (χ1) is 10.0. The monoisotopic (exact) mass is 387 g/mol. The van der Waals surface area contributed by atoms with Crippen LogP contribution in [0.5, 0.6) is 0 Å². The highest BCUT2D eigenvalue weighted by molar-refractivity contribution is 9.09. The molecule has 0 unspecified atom stereocenters. The minimum absolute atomic E-state index is 0.0440. The number of pyridine rings is 1. The van der Waals surface area contributed by atoms with E-state index in [0.717, 1.165) is 12.8 Å². The number of rotatable bonds is 5. The molecule has 0 radical (unpaired) electrons. The van der Waals surface area contributed by atoms with Crippen LogP contribution in [-0.2, 0) is 10.0 Å². The van der Waals surface area contributed by atoms with Gasteiger partial charge < -0.3 is 4.43 Å². The van der Waals surface area contributed by atoms with Crippen molar-refractivity contribution in [3.63, 3.8) is 0 Å². The molecule has 1 heterocycles. The summed E-state index contributed by atoms with van der Waals surface area (Å²) in [6.45, 7) is 10.8. The highest BCUT2D eigenvalue weighted by atomic mass is 79.9. The minimum Gasteiger partial charge on any atom is -0.406 e. The van der Waals surface area contributed by atoms with Gasteiger partial charge in [-0.2, -0.15) is 0 Å². The van der Waals surface area contributed by atoms with E-state index in [4.69, 9.17) is 4.43 Å². The Bertz CT molecular complexity index is 594. The molecule has 0 aromatic carbocycles. The van der Waals surface area contributed by atoms with Crippen molar-refractivity contribution in [3.8, 4) is 0 Å². The average Bonchev–Trinajstić information content (AvgIpc) is 3.16. The van der Waals surface area contributed by atoms with Crippen molar-refractivity contribution in [2.24, 2.45) is 0 Å². The summed E-state index contributed by atoms with van der Waals surface area (Å²) in [4.78, 5) is 16.0. The van der Waals surface area contributed by atoms with Gasteiger partial charge in [0.25, 0.3) is 0 Å². The molecule has 1 aliphatic rings. The number of aromatic nitrogens is 1. The third-order valence-corrected chi connectivity index (χ3v) is 9.73. The molecule has 0 spiro atoms. The van der Waals surface area contributed by atoms with E-state index < -0.39 is 19.7 Å². The molecule has 0 bridgehead atoms. The van der Waals surface area contributed by atoms with Gasteiger partial charge in [0.2, 0.25) is 0 Å². The van der Waals surface area contributed by atoms with E-state index in [9.17, 15) is 9.18 Å². The maximum absolute atomic E-state index is 14.7. The Morgan fingerprint density at radius 2 is 2.05 bits per heavy atom.